The Balaban J connectivity index is 2.00. The Bertz CT molecular complexity index is 755. The molecule has 3 aromatic rings. The van der Waals surface area contributed by atoms with Crippen LogP contribution in [0.1, 0.15) is 36.1 Å². The molecule has 2 heteroatoms. The largest absolute Gasteiger partial charge is 0.329 e. The van der Waals surface area contributed by atoms with Crippen LogP contribution in [0.15, 0.2) is 84.9 Å². The van der Waals surface area contributed by atoms with Gasteiger partial charge in [0.1, 0.15) is 0 Å². The molecule has 0 aromatic heterocycles. The van der Waals surface area contributed by atoms with Gasteiger partial charge in [0.25, 0.3) is 0 Å². The highest BCUT2D eigenvalue weighted by Gasteiger charge is 2.30. The van der Waals surface area contributed by atoms with Crippen molar-refractivity contribution < 1.29 is 0 Å². The third-order valence-corrected chi connectivity index (χ3v) is 5.80. The Kier molecular flexibility index (Phi) is 5.26. The van der Waals surface area contributed by atoms with E-state index in [0.29, 0.717) is 13.1 Å². The van der Waals surface area contributed by atoms with Crippen molar-refractivity contribution >= 4 is 0 Å². The van der Waals surface area contributed by atoms with Crippen LogP contribution in [0.25, 0.3) is 0 Å². The van der Waals surface area contributed by atoms with Crippen LogP contribution in [0.5, 0.6) is 0 Å². The maximum Gasteiger partial charge on any atom is 0.0296 e. The monoisotopic (exact) mass is 344 g/mol. The normalized spacial score (nSPS) is 15.8. The van der Waals surface area contributed by atoms with Crippen LogP contribution in [-0.4, -0.2) is 13.1 Å². The van der Waals surface area contributed by atoms with Gasteiger partial charge in [-0.05, 0) is 22.3 Å². The lowest BCUT2D eigenvalue weighted by Gasteiger charge is -2.32. The zero-order valence-electron chi connectivity index (χ0n) is 15.7. The second kappa shape index (κ2) is 7.45. The predicted molar refractivity (Wildman–Crippen MR) is 110 cm³/mol. The van der Waals surface area contributed by atoms with Crippen LogP contribution >= 0.6 is 0 Å². The van der Waals surface area contributed by atoms with E-state index in [-0.39, 0.29) is 10.8 Å². The summed E-state index contributed by atoms with van der Waals surface area (Å²) in [7, 11) is 0. The van der Waals surface area contributed by atoms with Gasteiger partial charge in [-0.1, -0.05) is 98.8 Å². The van der Waals surface area contributed by atoms with Crippen molar-refractivity contribution in [1.82, 2.24) is 0 Å². The van der Waals surface area contributed by atoms with Gasteiger partial charge in [-0.15, -0.1) is 0 Å². The first-order chi connectivity index (χ1) is 12.5. The number of nitrogens with two attached hydrogens (primary N) is 2. The fourth-order valence-corrected chi connectivity index (χ4v) is 3.62. The highest BCUT2D eigenvalue weighted by molar-refractivity contribution is 5.44. The highest BCUT2D eigenvalue weighted by Crippen LogP contribution is 2.35. The van der Waals surface area contributed by atoms with Crippen LogP contribution in [0.3, 0.4) is 0 Å². The van der Waals surface area contributed by atoms with Gasteiger partial charge in [-0.25, -0.2) is 0 Å². The fourth-order valence-electron chi connectivity index (χ4n) is 3.62. The topological polar surface area (TPSA) is 52.0 Å². The molecule has 2 unspecified atom stereocenters. The zero-order valence-corrected chi connectivity index (χ0v) is 15.7. The van der Waals surface area contributed by atoms with E-state index in [0.717, 1.165) is 0 Å². The summed E-state index contributed by atoms with van der Waals surface area (Å²) in [4.78, 5) is 0. The summed E-state index contributed by atoms with van der Waals surface area (Å²) in [5.74, 6) is 0. The molecule has 0 saturated heterocycles. The van der Waals surface area contributed by atoms with Crippen LogP contribution in [-0.2, 0) is 10.8 Å². The van der Waals surface area contributed by atoms with Crippen molar-refractivity contribution in [3.8, 4) is 0 Å². The summed E-state index contributed by atoms with van der Waals surface area (Å²) in [6, 6.07) is 29.7. The molecule has 2 nitrogen and oxygen atoms in total. The number of benzene rings is 3. The molecule has 2 atom stereocenters. The van der Waals surface area contributed by atoms with Gasteiger partial charge in [0.2, 0.25) is 0 Å². The zero-order chi connectivity index (χ0) is 18.6. The number of hydrogen-bond donors (Lipinski definition) is 2. The lowest BCUT2D eigenvalue weighted by Crippen LogP contribution is -2.34. The Morgan fingerprint density at radius 3 is 1.04 bits per heavy atom. The lowest BCUT2D eigenvalue weighted by molar-refractivity contribution is 0.572. The Labute approximate surface area is 156 Å². The summed E-state index contributed by atoms with van der Waals surface area (Å²) in [5.41, 5.74) is 16.9. The molecular weight excluding hydrogens is 316 g/mol. The van der Waals surface area contributed by atoms with Crippen LogP contribution in [0, 0.1) is 0 Å². The van der Waals surface area contributed by atoms with Crippen molar-refractivity contribution in [2.45, 2.75) is 24.7 Å². The van der Waals surface area contributed by atoms with Crippen LogP contribution in [0.2, 0.25) is 0 Å². The van der Waals surface area contributed by atoms with E-state index in [1.54, 1.807) is 0 Å². The number of hydrogen-bond acceptors (Lipinski definition) is 2. The molecule has 0 fully saturated rings. The molecule has 0 heterocycles. The molecule has 4 N–H and O–H groups in total. The van der Waals surface area contributed by atoms with Gasteiger partial charge in [0.05, 0.1) is 0 Å². The predicted octanol–water partition coefficient (Wildman–Crippen LogP) is 4.22. The average Bonchev–Trinajstić information content (AvgIpc) is 2.74. The second-order valence-electron chi connectivity index (χ2n) is 7.38. The van der Waals surface area contributed by atoms with E-state index < -0.39 is 0 Å². The molecule has 3 aromatic carbocycles. The minimum absolute atomic E-state index is 0.203. The van der Waals surface area contributed by atoms with Gasteiger partial charge in [0.15, 0.2) is 0 Å². The Morgan fingerprint density at radius 1 is 0.500 bits per heavy atom. The van der Waals surface area contributed by atoms with E-state index in [1.807, 2.05) is 12.1 Å². The van der Waals surface area contributed by atoms with Crippen molar-refractivity contribution in [3.63, 3.8) is 0 Å². The maximum absolute atomic E-state index is 6.19. The second-order valence-corrected chi connectivity index (χ2v) is 7.38. The smallest absolute Gasteiger partial charge is 0.0296 e. The summed E-state index contributed by atoms with van der Waals surface area (Å²) in [6.45, 7) is 5.53. The third-order valence-electron chi connectivity index (χ3n) is 5.80. The number of rotatable bonds is 6. The molecule has 0 amide bonds. The van der Waals surface area contributed by atoms with E-state index >= 15 is 0 Å². The molecule has 3 rings (SSSR count). The molecule has 0 saturated carbocycles. The molecule has 134 valence electrons. The van der Waals surface area contributed by atoms with E-state index in [2.05, 4.69) is 86.6 Å². The highest BCUT2D eigenvalue weighted by atomic mass is 14.6. The van der Waals surface area contributed by atoms with Gasteiger partial charge in [-0.3, -0.25) is 0 Å². The summed E-state index contributed by atoms with van der Waals surface area (Å²) < 4.78 is 0. The van der Waals surface area contributed by atoms with Gasteiger partial charge in [-0.2, -0.15) is 0 Å². The van der Waals surface area contributed by atoms with Crippen molar-refractivity contribution in [1.29, 1.82) is 0 Å². The standard InChI is InChI=1S/C24H28N2/c1-23(17-25,19-9-5-3-6-10-19)21-13-15-22(16-14-21)24(2,18-26)20-11-7-4-8-12-20/h3-16H,17-18,25-26H2,1-2H3. The van der Waals surface area contributed by atoms with Crippen molar-refractivity contribution in [2.24, 2.45) is 11.5 Å². The minimum atomic E-state index is -0.203. The molecule has 0 aliphatic heterocycles. The van der Waals surface area contributed by atoms with E-state index in [9.17, 15) is 0 Å². The Morgan fingerprint density at radius 2 is 0.769 bits per heavy atom. The van der Waals surface area contributed by atoms with Gasteiger partial charge < -0.3 is 11.5 Å². The Hall–Kier alpha value is -2.42. The molecule has 0 aliphatic rings. The lowest BCUT2D eigenvalue weighted by atomic mass is 9.73. The molecule has 0 radical (unpaired) electrons. The molecule has 0 aliphatic carbocycles. The maximum atomic E-state index is 6.19. The third kappa shape index (κ3) is 3.18. The first-order valence-electron chi connectivity index (χ1n) is 9.17. The summed E-state index contributed by atoms with van der Waals surface area (Å²) in [5, 5.41) is 0. The molecule has 26 heavy (non-hydrogen) atoms. The van der Waals surface area contributed by atoms with Crippen molar-refractivity contribution in [3.05, 3.63) is 107 Å². The summed E-state index contributed by atoms with van der Waals surface area (Å²) in [6.07, 6.45) is 0. The van der Waals surface area contributed by atoms with Crippen LogP contribution in [0.4, 0.5) is 0 Å². The van der Waals surface area contributed by atoms with Gasteiger partial charge in [0, 0.05) is 23.9 Å². The quantitative estimate of drug-likeness (QED) is 0.703. The van der Waals surface area contributed by atoms with Crippen LogP contribution < -0.4 is 11.5 Å². The molecule has 0 spiro atoms. The van der Waals surface area contributed by atoms with E-state index in [4.69, 9.17) is 11.5 Å². The first-order valence-corrected chi connectivity index (χ1v) is 9.17. The van der Waals surface area contributed by atoms with E-state index in [1.165, 1.54) is 22.3 Å². The summed E-state index contributed by atoms with van der Waals surface area (Å²) >= 11 is 0. The van der Waals surface area contributed by atoms with Crippen molar-refractivity contribution in [2.75, 3.05) is 13.1 Å². The average molecular weight is 345 g/mol. The fraction of sp³-hybridized carbons (Fsp3) is 0.250. The first kappa shape index (κ1) is 18.4. The van der Waals surface area contributed by atoms with Gasteiger partial charge >= 0.3 is 0 Å². The molecular formula is C24H28N2. The molecule has 0 bridgehead atoms. The minimum Gasteiger partial charge on any atom is -0.329 e. The SMILES string of the molecule is CC(CN)(c1ccccc1)c1ccc(C(C)(CN)c2ccccc2)cc1.